The van der Waals surface area contributed by atoms with Gasteiger partial charge in [-0.25, -0.2) is 0 Å². The summed E-state index contributed by atoms with van der Waals surface area (Å²) in [6, 6.07) is 9.99. The lowest BCUT2D eigenvalue weighted by Crippen LogP contribution is -2.29. The zero-order valence-electron chi connectivity index (χ0n) is 12.7. The van der Waals surface area contributed by atoms with Gasteiger partial charge in [0.25, 0.3) is 0 Å². The highest BCUT2D eigenvalue weighted by molar-refractivity contribution is 5.91. The second-order valence-electron chi connectivity index (χ2n) is 5.67. The van der Waals surface area contributed by atoms with Gasteiger partial charge in [-0.3, -0.25) is 9.48 Å². The summed E-state index contributed by atoms with van der Waals surface area (Å²) in [5, 5.41) is 7.08. The molecule has 0 bridgehead atoms. The Morgan fingerprint density at radius 2 is 2.05 bits per heavy atom. The van der Waals surface area contributed by atoms with Gasteiger partial charge in [-0.05, 0) is 43.5 Å². The van der Waals surface area contributed by atoms with Crippen molar-refractivity contribution in [2.45, 2.75) is 32.2 Å². The van der Waals surface area contributed by atoms with E-state index < -0.39 is 0 Å². The summed E-state index contributed by atoms with van der Waals surface area (Å²) in [7, 11) is 0. The van der Waals surface area contributed by atoms with Gasteiger partial charge in [-0.1, -0.05) is 6.07 Å². The quantitative estimate of drug-likeness (QED) is 0.923. The van der Waals surface area contributed by atoms with E-state index in [1.165, 1.54) is 24.9 Å². The first-order valence-corrected chi connectivity index (χ1v) is 7.93. The molecule has 0 aliphatic carbocycles. The third-order valence-corrected chi connectivity index (χ3v) is 3.98. The Labute approximate surface area is 130 Å². The molecule has 1 N–H and O–H groups in total. The number of hydrogen-bond acceptors (Lipinski definition) is 3. The number of hydrogen-bond donors (Lipinski definition) is 1. The van der Waals surface area contributed by atoms with Crippen molar-refractivity contribution in [2.75, 3.05) is 23.3 Å². The summed E-state index contributed by atoms with van der Waals surface area (Å²) in [5.41, 5.74) is 2.07. The molecule has 3 rings (SSSR count). The third-order valence-electron chi connectivity index (χ3n) is 3.98. The number of aromatic nitrogens is 2. The molecular weight excluding hydrogens is 276 g/mol. The Morgan fingerprint density at radius 1 is 1.18 bits per heavy atom. The van der Waals surface area contributed by atoms with Gasteiger partial charge in [0, 0.05) is 49.8 Å². The molecule has 1 aromatic carbocycles. The molecule has 1 amide bonds. The number of nitrogens with one attached hydrogen (secondary N) is 1. The van der Waals surface area contributed by atoms with Gasteiger partial charge in [0.15, 0.2) is 0 Å². The zero-order chi connectivity index (χ0) is 15.2. The van der Waals surface area contributed by atoms with Crippen molar-refractivity contribution < 1.29 is 4.79 Å². The van der Waals surface area contributed by atoms with Crippen LogP contribution in [0.2, 0.25) is 0 Å². The minimum absolute atomic E-state index is 0.0197. The van der Waals surface area contributed by atoms with E-state index in [2.05, 4.69) is 27.4 Å². The number of anilines is 2. The summed E-state index contributed by atoms with van der Waals surface area (Å²) in [6.45, 7) is 2.82. The Kier molecular flexibility index (Phi) is 4.73. The lowest BCUT2D eigenvalue weighted by Gasteiger charge is -2.29. The Bertz CT molecular complexity index is 603. The normalized spacial score (nSPS) is 14.8. The van der Waals surface area contributed by atoms with Crippen molar-refractivity contribution in [1.29, 1.82) is 0 Å². The van der Waals surface area contributed by atoms with Crippen LogP contribution >= 0.6 is 0 Å². The van der Waals surface area contributed by atoms with Crippen LogP contribution in [0.1, 0.15) is 25.7 Å². The van der Waals surface area contributed by atoms with E-state index in [4.69, 9.17) is 0 Å². The minimum Gasteiger partial charge on any atom is -0.371 e. The van der Waals surface area contributed by atoms with Crippen molar-refractivity contribution >= 4 is 17.3 Å². The molecule has 0 atom stereocenters. The van der Waals surface area contributed by atoms with Crippen LogP contribution in [0.25, 0.3) is 0 Å². The molecule has 2 heterocycles. The second kappa shape index (κ2) is 7.11. The summed E-state index contributed by atoms with van der Waals surface area (Å²) >= 11 is 0. The van der Waals surface area contributed by atoms with Crippen molar-refractivity contribution in [2.24, 2.45) is 0 Å². The van der Waals surface area contributed by atoms with E-state index in [1.807, 2.05) is 24.4 Å². The van der Waals surface area contributed by atoms with Gasteiger partial charge in [0.1, 0.15) is 0 Å². The molecule has 5 nitrogen and oxygen atoms in total. The number of piperidine rings is 1. The molecule has 1 aliphatic heterocycles. The first-order chi connectivity index (χ1) is 10.8. The van der Waals surface area contributed by atoms with E-state index in [1.54, 1.807) is 10.9 Å². The predicted molar refractivity (Wildman–Crippen MR) is 88.0 cm³/mol. The minimum atomic E-state index is 0.0197. The van der Waals surface area contributed by atoms with E-state index in [0.29, 0.717) is 13.0 Å². The zero-order valence-corrected chi connectivity index (χ0v) is 12.7. The Hall–Kier alpha value is -2.30. The summed E-state index contributed by atoms with van der Waals surface area (Å²) in [6.07, 6.45) is 7.83. The van der Waals surface area contributed by atoms with E-state index in [9.17, 15) is 4.79 Å². The molecule has 5 heteroatoms. The van der Waals surface area contributed by atoms with Gasteiger partial charge in [-0.2, -0.15) is 5.10 Å². The summed E-state index contributed by atoms with van der Waals surface area (Å²) < 4.78 is 1.77. The molecule has 1 fully saturated rings. The summed E-state index contributed by atoms with van der Waals surface area (Å²) in [4.78, 5) is 14.4. The summed E-state index contributed by atoms with van der Waals surface area (Å²) in [5.74, 6) is 0.0197. The SMILES string of the molecule is O=C(CCn1cccn1)Nc1cccc(N2CCCCC2)c1. The lowest BCUT2D eigenvalue weighted by atomic mass is 10.1. The molecule has 2 aromatic rings. The molecule has 0 saturated carbocycles. The number of benzene rings is 1. The van der Waals surface area contributed by atoms with Crippen LogP contribution in [0.15, 0.2) is 42.7 Å². The van der Waals surface area contributed by atoms with Crippen LogP contribution in [0, 0.1) is 0 Å². The van der Waals surface area contributed by atoms with E-state index in [-0.39, 0.29) is 5.91 Å². The fourth-order valence-electron chi connectivity index (χ4n) is 2.80. The lowest BCUT2D eigenvalue weighted by molar-refractivity contribution is -0.116. The monoisotopic (exact) mass is 298 g/mol. The number of rotatable bonds is 5. The predicted octanol–water partition coefficient (Wildman–Crippen LogP) is 2.90. The number of aryl methyl sites for hydroxylation is 1. The number of carbonyl (C=O) groups is 1. The molecule has 0 radical (unpaired) electrons. The Morgan fingerprint density at radius 3 is 2.82 bits per heavy atom. The van der Waals surface area contributed by atoms with Gasteiger partial charge in [0.2, 0.25) is 5.91 Å². The molecule has 22 heavy (non-hydrogen) atoms. The first kappa shape index (κ1) is 14.6. The highest BCUT2D eigenvalue weighted by atomic mass is 16.1. The van der Waals surface area contributed by atoms with Gasteiger partial charge in [0.05, 0.1) is 0 Å². The second-order valence-corrected chi connectivity index (χ2v) is 5.67. The van der Waals surface area contributed by atoms with E-state index >= 15 is 0 Å². The highest BCUT2D eigenvalue weighted by Gasteiger charge is 2.11. The number of carbonyl (C=O) groups excluding carboxylic acids is 1. The maximum Gasteiger partial charge on any atom is 0.226 e. The molecule has 1 saturated heterocycles. The molecule has 1 aliphatic rings. The topological polar surface area (TPSA) is 50.2 Å². The van der Waals surface area contributed by atoms with Gasteiger partial charge in [-0.15, -0.1) is 0 Å². The van der Waals surface area contributed by atoms with Crippen LogP contribution in [-0.4, -0.2) is 28.8 Å². The van der Waals surface area contributed by atoms with Crippen LogP contribution in [0.5, 0.6) is 0 Å². The van der Waals surface area contributed by atoms with Crippen molar-refractivity contribution in [3.8, 4) is 0 Å². The Balaban J connectivity index is 1.56. The molecule has 1 aromatic heterocycles. The van der Waals surface area contributed by atoms with Crippen molar-refractivity contribution in [3.05, 3.63) is 42.7 Å². The molecule has 116 valence electrons. The highest BCUT2D eigenvalue weighted by Crippen LogP contribution is 2.23. The van der Waals surface area contributed by atoms with Crippen LogP contribution in [0.3, 0.4) is 0 Å². The van der Waals surface area contributed by atoms with Gasteiger partial charge < -0.3 is 10.2 Å². The fourth-order valence-corrected chi connectivity index (χ4v) is 2.80. The molecule has 0 unspecified atom stereocenters. The third kappa shape index (κ3) is 3.87. The first-order valence-electron chi connectivity index (χ1n) is 7.93. The maximum absolute atomic E-state index is 12.0. The van der Waals surface area contributed by atoms with Crippen LogP contribution in [-0.2, 0) is 11.3 Å². The standard InChI is InChI=1S/C17H22N4O/c22-17(8-13-21-12-5-9-18-21)19-15-6-4-7-16(14-15)20-10-2-1-3-11-20/h4-7,9,12,14H,1-3,8,10-11,13H2,(H,19,22). The van der Waals surface area contributed by atoms with E-state index in [0.717, 1.165) is 18.8 Å². The maximum atomic E-state index is 12.0. The number of nitrogens with zero attached hydrogens (tertiary/aromatic N) is 3. The largest absolute Gasteiger partial charge is 0.371 e. The molecular formula is C17H22N4O. The van der Waals surface area contributed by atoms with Gasteiger partial charge >= 0.3 is 0 Å². The average molecular weight is 298 g/mol. The van der Waals surface area contributed by atoms with Crippen molar-refractivity contribution in [1.82, 2.24) is 9.78 Å². The van der Waals surface area contributed by atoms with Crippen LogP contribution < -0.4 is 10.2 Å². The number of amides is 1. The molecule has 0 spiro atoms. The van der Waals surface area contributed by atoms with Crippen molar-refractivity contribution in [3.63, 3.8) is 0 Å². The fraction of sp³-hybridized carbons (Fsp3) is 0.412. The smallest absolute Gasteiger partial charge is 0.226 e. The van der Waals surface area contributed by atoms with Crippen LogP contribution in [0.4, 0.5) is 11.4 Å². The average Bonchev–Trinajstić information content (AvgIpc) is 3.08.